The average molecular weight is 1000 g/mol. The van der Waals surface area contributed by atoms with Crippen LogP contribution in [0.1, 0.15) is 76.2 Å². The lowest BCUT2D eigenvalue weighted by molar-refractivity contribution is -0.140. The number of amides is 6. The number of aliphatic hydroxyl groups is 1. The van der Waals surface area contributed by atoms with Crippen molar-refractivity contribution in [3.63, 3.8) is 0 Å². The molecule has 0 saturated carbocycles. The van der Waals surface area contributed by atoms with E-state index in [0.29, 0.717) is 43.2 Å². The summed E-state index contributed by atoms with van der Waals surface area (Å²) in [5, 5.41) is 23.8. The molecule has 1 aromatic heterocycles. The Bertz CT molecular complexity index is 2380. The molecule has 0 aliphatic heterocycles. The molecular weight excluding hydrogens is 933 g/mol. The van der Waals surface area contributed by atoms with Gasteiger partial charge in [0.2, 0.25) is 23.6 Å². The maximum Gasteiger partial charge on any atom is 0.407 e. The van der Waals surface area contributed by atoms with E-state index in [0.717, 1.165) is 29.3 Å². The van der Waals surface area contributed by atoms with Crippen LogP contribution in [0.4, 0.5) is 18.4 Å². The van der Waals surface area contributed by atoms with Gasteiger partial charge in [-0.1, -0.05) is 101 Å². The molecule has 1 heterocycles. The number of carbonyl (C=O) groups excluding carboxylic acids is 6. The van der Waals surface area contributed by atoms with E-state index < -0.39 is 85.7 Å². The summed E-state index contributed by atoms with van der Waals surface area (Å²) in [4.78, 5) is 79.9. The molecule has 0 fully saturated rings. The van der Waals surface area contributed by atoms with Crippen molar-refractivity contribution in [1.82, 2.24) is 36.1 Å². The first-order valence-electron chi connectivity index (χ1n) is 23.9. The monoisotopic (exact) mass is 1000 g/mol. The summed E-state index contributed by atoms with van der Waals surface area (Å²) in [5.41, 5.74) is 1.91. The van der Waals surface area contributed by atoms with Crippen molar-refractivity contribution in [2.24, 2.45) is 5.41 Å². The minimum absolute atomic E-state index is 0.0181. The number of nitrogens with zero attached hydrogens (tertiary/aromatic N) is 2. The summed E-state index contributed by atoms with van der Waals surface area (Å²) in [6, 6.07) is 21.3. The van der Waals surface area contributed by atoms with Crippen molar-refractivity contribution in [2.45, 2.75) is 110 Å². The van der Waals surface area contributed by atoms with Crippen molar-refractivity contribution in [3.05, 3.63) is 120 Å². The van der Waals surface area contributed by atoms with Gasteiger partial charge in [0.05, 0.1) is 12.6 Å². The Morgan fingerprint density at radius 1 is 0.746 bits per heavy atom. The number of aromatic nitrogens is 1. The number of alkyl carbamates (subject to hydrolysis) is 2. The fourth-order valence-corrected chi connectivity index (χ4v) is 8.56. The van der Waals surface area contributed by atoms with Crippen molar-refractivity contribution in [2.75, 3.05) is 39.4 Å². The van der Waals surface area contributed by atoms with Gasteiger partial charge in [0.15, 0.2) is 0 Å². The van der Waals surface area contributed by atoms with Crippen LogP contribution >= 0.6 is 0 Å². The van der Waals surface area contributed by atoms with Gasteiger partial charge in [-0.05, 0) is 72.5 Å². The van der Waals surface area contributed by atoms with Crippen LogP contribution in [-0.4, -0.2) is 110 Å². The number of hydrogen-bond acceptors (Lipinski definition) is 9. The first-order chi connectivity index (χ1) is 33.6. The van der Waals surface area contributed by atoms with Crippen molar-refractivity contribution < 1.29 is 52.1 Å². The molecule has 6 amide bonds. The smallest absolute Gasteiger partial charge is 0.407 e. The quantitative estimate of drug-likeness (QED) is 0.0281. The zero-order valence-electron chi connectivity index (χ0n) is 41.9. The Morgan fingerprint density at radius 2 is 1.37 bits per heavy atom. The molecule has 0 unspecified atom stereocenters. The minimum Gasteiger partial charge on any atom is -0.450 e. The van der Waals surface area contributed by atoms with Gasteiger partial charge in [0, 0.05) is 70.7 Å². The van der Waals surface area contributed by atoms with Crippen LogP contribution in [0.2, 0.25) is 25.7 Å². The van der Waals surface area contributed by atoms with Crippen LogP contribution < -0.4 is 26.6 Å². The van der Waals surface area contributed by atoms with Crippen LogP contribution in [-0.2, 0) is 41.8 Å². The Balaban J connectivity index is 1.48. The third-order valence-corrected chi connectivity index (χ3v) is 13.1. The highest BCUT2D eigenvalue weighted by atomic mass is 28.3. The molecule has 3 aromatic carbocycles. The second kappa shape index (κ2) is 27.7. The number of nitrogens with one attached hydrogen (secondary N) is 5. The van der Waals surface area contributed by atoms with E-state index in [2.05, 4.69) is 46.2 Å². The third kappa shape index (κ3) is 19.6. The second-order valence-electron chi connectivity index (χ2n) is 19.7. The third-order valence-electron chi connectivity index (χ3n) is 11.4. The highest BCUT2D eigenvalue weighted by Gasteiger charge is 2.38. The van der Waals surface area contributed by atoms with Crippen LogP contribution in [0.5, 0.6) is 0 Å². The standard InChI is InChI=1S/C52H71F2N7O9Si/c1-36(63)58-43(20-14-15-24-57-50(67)70-35-38-18-12-9-13-19-38)48(65)55-25-26-56-49(66)44(59-51(68)69-28-29-71(5,6)7)23-27-61(46(64)34-62)47(52(2,3)4)45-30-39(41-31-40(53)21-22-42(41)54)33-60(45)32-37-16-10-8-11-17-37/h8-13,16-19,21-22,30-31,33,43-44,47,62H,14-15,20,23-29,32,34-35H2,1-7H3,(H,55,65)(H,56,66)(H,57,67)(H,58,63)(H,59,68)/t43-,44-,47-/m0/s1. The van der Waals surface area contributed by atoms with E-state index in [4.69, 9.17) is 9.47 Å². The minimum atomic E-state index is -1.60. The Morgan fingerprint density at radius 3 is 1.96 bits per heavy atom. The summed E-state index contributed by atoms with van der Waals surface area (Å²) < 4.78 is 42.4. The van der Waals surface area contributed by atoms with E-state index in [1.54, 1.807) is 12.3 Å². The fourth-order valence-electron chi connectivity index (χ4n) is 7.84. The van der Waals surface area contributed by atoms with Crippen LogP contribution in [0.3, 0.4) is 0 Å². The molecule has 19 heteroatoms. The molecule has 71 heavy (non-hydrogen) atoms. The molecule has 0 spiro atoms. The average Bonchev–Trinajstić information content (AvgIpc) is 3.71. The first kappa shape index (κ1) is 57.0. The van der Waals surface area contributed by atoms with E-state index in [-0.39, 0.29) is 51.3 Å². The molecule has 0 aliphatic rings. The molecule has 3 atom stereocenters. The van der Waals surface area contributed by atoms with Gasteiger partial charge in [-0.25, -0.2) is 18.4 Å². The summed E-state index contributed by atoms with van der Waals surface area (Å²) in [6.07, 6.45) is 1.38. The largest absolute Gasteiger partial charge is 0.450 e. The summed E-state index contributed by atoms with van der Waals surface area (Å²) in [5.74, 6) is -3.50. The second-order valence-corrected chi connectivity index (χ2v) is 25.3. The summed E-state index contributed by atoms with van der Waals surface area (Å²) >= 11 is 0. The van der Waals surface area contributed by atoms with Gasteiger partial charge in [-0.3, -0.25) is 19.2 Å². The van der Waals surface area contributed by atoms with Gasteiger partial charge in [0.1, 0.15) is 36.9 Å². The zero-order chi connectivity index (χ0) is 52.1. The van der Waals surface area contributed by atoms with Crippen LogP contribution in [0.15, 0.2) is 91.1 Å². The van der Waals surface area contributed by atoms with Crippen molar-refractivity contribution in [1.29, 1.82) is 0 Å². The van der Waals surface area contributed by atoms with E-state index in [1.807, 2.05) is 86.0 Å². The predicted octanol–water partition coefficient (Wildman–Crippen LogP) is 7.05. The molecule has 0 saturated heterocycles. The molecule has 16 nitrogen and oxygen atoms in total. The van der Waals surface area contributed by atoms with Gasteiger partial charge in [-0.15, -0.1) is 0 Å². The highest BCUT2D eigenvalue weighted by molar-refractivity contribution is 6.76. The fraction of sp³-hybridized carbons (Fsp3) is 0.462. The summed E-state index contributed by atoms with van der Waals surface area (Å²) in [6.45, 7) is 13.0. The van der Waals surface area contributed by atoms with Crippen LogP contribution in [0.25, 0.3) is 11.1 Å². The van der Waals surface area contributed by atoms with E-state index in [1.165, 1.54) is 11.8 Å². The van der Waals surface area contributed by atoms with Gasteiger partial charge in [-0.2, -0.15) is 0 Å². The highest BCUT2D eigenvalue weighted by Crippen LogP contribution is 2.41. The first-order valence-corrected chi connectivity index (χ1v) is 27.7. The molecule has 4 rings (SSSR count). The normalized spacial score (nSPS) is 12.7. The summed E-state index contributed by atoms with van der Waals surface area (Å²) in [7, 11) is -1.60. The number of aliphatic hydroxyl groups excluding tert-OH is 1. The lowest BCUT2D eigenvalue weighted by Crippen LogP contribution is -2.52. The van der Waals surface area contributed by atoms with Crippen molar-refractivity contribution >= 4 is 43.9 Å². The molecular formula is C52H71F2N7O9Si. The number of unbranched alkanes of at least 4 members (excludes halogenated alkanes) is 1. The molecule has 4 aromatic rings. The number of halogens is 2. The van der Waals surface area contributed by atoms with E-state index in [9.17, 15) is 38.3 Å². The SMILES string of the molecule is CC(=O)N[C@@H](CCCCNC(=O)OCc1ccccc1)C(=O)NCCNC(=O)[C@H](CCN(C(=O)CO)[C@@H](c1cc(-c2cc(F)ccc2F)cn1Cc1ccccc1)C(C)(C)C)NC(=O)OCC[Si](C)(C)C. The molecule has 6 N–H and O–H groups in total. The van der Waals surface area contributed by atoms with Crippen LogP contribution in [0, 0.1) is 17.0 Å². The number of ether oxygens (including phenoxy) is 2. The topological polar surface area (TPSA) is 209 Å². The van der Waals surface area contributed by atoms with Crippen molar-refractivity contribution in [3.8, 4) is 11.1 Å². The number of carbonyl (C=O) groups is 6. The molecule has 0 bridgehead atoms. The maximum atomic E-state index is 15.3. The van der Waals surface area contributed by atoms with E-state index >= 15 is 4.39 Å². The molecule has 386 valence electrons. The molecule has 0 radical (unpaired) electrons. The Labute approximate surface area is 416 Å². The number of hydrogen-bond donors (Lipinski definition) is 6. The Kier molecular flexibility index (Phi) is 22.2. The Hall–Kier alpha value is -6.60. The molecule has 0 aliphatic carbocycles. The lowest BCUT2D eigenvalue weighted by Gasteiger charge is -2.41. The van der Waals surface area contributed by atoms with Gasteiger partial charge < -0.3 is 50.6 Å². The predicted molar refractivity (Wildman–Crippen MR) is 269 cm³/mol. The van der Waals surface area contributed by atoms with Gasteiger partial charge >= 0.3 is 12.2 Å². The maximum absolute atomic E-state index is 15.3. The van der Waals surface area contributed by atoms with Gasteiger partial charge in [0.25, 0.3) is 0 Å². The lowest BCUT2D eigenvalue weighted by atomic mass is 9.82. The number of benzene rings is 3. The number of rotatable bonds is 26. The zero-order valence-corrected chi connectivity index (χ0v) is 42.9.